The summed E-state index contributed by atoms with van der Waals surface area (Å²) in [5.41, 5.74) is 4.13. The van der Waals surface area contributed by atoms with Gasteiger partial charge < -0.3 is 9.47 Å². The summed E-state index contributed by atoms with van der Waals surface area (Å²) in [4.78, 5) is 22.5. The maximum atomic E-state index is 13.7. The molecule has 0 amide bonds. The first-order chi connectivity index (χ1) is 18.6. The number of nitriles is 1. The van der Waals surface area contributed by atoms with E-state index in [1.807, 2.05) is 54.6 Å². The zero-order chi connectivity index (χ0) is 26.3. The van der Waals surface area contributed by atoms with Crippen LogP contribution in [0.5, 0.6) is 5.88 Å². The molecule has 7 nitrogen and oxygen atoms in total. The van der Waals surface area contributed by atoms with E-state index in [0.29, 0.717) is 40.6 Å². The molecule has 0 aliphatic rings. The molecule has 186 valence electrons. The van der Waals surface area contributed by atoms with Crippen molar-refractivity contribution in [3.63, 3.8) is 0 Å². The van der Waals surface area contributed by atoms with Gasteiger partial charge in [-0.15, -0.1) is 0 Å². The predicted molar refractivity (Wildman–Crippen MR) is 145 cm³/mol. The fourth-order valence-corrected chi connectivity index (χ4v) is 4.03. The van der Waals surface area contributed by atoms with Gasteiger partial charge in [-0.05, 0) is 42.8 Å². The molecule has 3 heterocycles. The third kappa shape index (κ3) is 5.51. The van der Waals surface area contributed by atoms with Crippen molar-refractivity contribution in [2.45, 2.75) is 19.8 Å². The van der Waals surface area contributed by atoms with Crippen LogP contribution in [0, 0.1) is 11.3 Å². The van der Waals surface area contributed by atoms with Crippen LogP contribution in [0.3, 0.4) is 0 Å². The van der Waals surface area contributed by atoms with Crippen LogP contribution in [0.2, 0.25) is 0 Å². The summed E-state index contributed by atoms with van der Waals surface area (Å²) in [6.07, 6.45) is 4.48. The highest BCUT2D eigenvalue weighted by molar-refractivity contribution is 5.74. The van der Waals surface area contributed by atoms with E-state index in [2.05, 4.69) is 16.0 Å². The molecule has 38 heavy (non-hydrogen) atoms. The minimum Gasteiger partial charge on any atom is -0.448 e. The SMILES string of the molecule is CC(OCc1ccccc1)Oc1ccc(-n2cc(-c3ccccn3)cc(-c3ccccc3C#N)c2=O)cn1. The van der Waals surface area contributed by atoms with Crippen molar-refractivity contribution in [3.8, 4) is 40.0 Å². The van der Waals surface area contributed by atoms with Crippen molar-refractivity contribution in [1.82, 2.24) is 14.5 Å². The molecule has 0 fully saturated rings. The molecule has 7 heteroatoms. The van der Waals surface area contributed by atoms with Crippen LogP contribution in [0.25, 0.3) is 28.1 Å². The van der Waals surface area contributed by atoms with Crippen LogP contribution in [0.4, 0.5) is 0 Å². The molecular formula is C31H24N4O3. The van der Waals surface area contributed by atoms with Gasteiger partial charge in [0.1, 0.15) is 0 Å². The number of pyridine rings is 3. The van der Waals surface area contributed by atoms with E-state index in [1.54, 1.807) is 61.9 Å². The van der Waals surface area contributed by atoms with E-state index < -0.39 is 6.29 Å². The quantitative estimate of drug-likeness (QED) is 0.251. The zero-order valence-electron chi connectivity index (χ0n) is 20.7. The Kier molecular flexibility index (Phi) is 7.34. The molecule has 3 aromatic heterocycles. The molecule has 0 aliphatic carbocycles. The van der Waals surface area contributed by atoms with E-state index in [9.17, 15) is 10.1 Å². The van der Waals surface area contributed by atoms with Gasteiger partial charge in [-0.1, -0.05) is 54.6 Å². The van der Waals surface area contributed by atoms with Gasteiger partial charge in [-0.25, -0.2) is 4.98 Å². The Hall–Kier alpha value is -5.06. The molecule has 0 bridgehead atoms. The van der Waals surface area contributed by atoms with Gasteiger partial charge in [0, 0.05) is 35.2 Å². The molecule has 0 spiro atoms. The summed E-state index contributed by atoms with van der Waals surface area (Å²) in [6, 6.07) is 29.9. The Labute approximate surface area is 220 Å². The van der Waals surface area contributed by atoms with E-state index in [-0.39, 0.29) is 5.56 Å². The largest absolute Gasteiger partial charge is 0.448 e. The normalized spacial score (nSPS) is 11.5. The molecule has 0 saturated carbocycles. The highest BCUT2D eigenvalue weighted by Crippen LogP contribution is 2.26. The third-order valence-corrected chi connectivity index (χ3v) is 5.93. The highest BCUT2D eigenvalue weighted by Gasteiger charge is 2.15. The summed E-state index contributed by atoms with van der Waals surface area (Å²) in [5.74, 6) is 0.373. The van der Waals surface area contributed by atoms with Crippen molar-refractivity contribution in [2.24, 2.45) is 0 Å². The summed E-state index contributed by atoms with van der Waals surface area (Å²) in [5, 5.41) is 9.64. The molecule has 5 aromatic rings. The molecule has 0 aliphatic heterocycles. The van der Waals surface area contributed by atoms with Gasteiger partial charge in [0.2, 0.25) is 5.88 Å². The lowest BCUT2D eigenvalue weighted by molar-refractivity contribution is -0.0780. The van der Waals surface area contributed by atoms with E-state index in [0.717, 1.165) is 11.1 Å². The lowest BCUT2D eigenvalue weighted by Gasteiger charge is -2.16. The molecule has 0 N–H and O–H groups in total. The van der Waals surface area contributed by atoms with E-state index in [1.165, 1.54) is 4.57 Å². The second-order valence-corrected chi connectivity index (χ2v) is 8.53. The zero-order valence-corrected chi connectivity index (χ0v) is 20.7. The maximum absolute atomic E-state index is 13.7. The number of rotatable bonds is 8. The van der Waals surface area contributed by atoms with Gasteiger partial charge in [0.25, 0.3) is 5.56 Å². The number of ether oxygens (including phenoxy) is 2. The first kappa shape index (κ1) is 24.6. The van der Waals surface area contributed by atoms with Gasteiger partial charge in [0.15, 0.2) is 6.29 Å². The van der Waals surface area contributed by atoms with Gasteiger partial charge in [-0.2, -0.15) is 5.26 Å². The number of aromatic nitrogens is 3. The monoisotopic (exact) mass is 500 g/mol. The Morgan fingerprint density at radius 2 is 1.71 bits per heavy atom. The Balaban J connectivity index is 1.46. The van der Waals surface area contributed by atoms with E-state index in [4.69, 9.17) is 9.47 Å². The topological polar surface area (TPSA) is 90.0 Å². The number of nitrogens with zero attached hydrogens (tertiary/aromatic N) is 4. The lowest BCUT2D eigenvalue weighted by atomic mass is 9.99. The van der Waals surface area contributed by atoms with Gasteiger partial charge >= 0.3 is 0 Å². The molecule has 2 aromatic carbocycles. The predicted octanol–water partition coefficient (Wildman–Crippen LogP) is 5.77. The van der Waals surface area contributed by atoms with Crippen LogP contribution in [-0.4, -0.2) is 20.8 Å². The van der Waals surface area contributed by atoms with Crippen molar-refractivity contribution in [3.05, 3.63) is 131 Å². The standard InChI is InChI=1S/C31H24N4O3/c1-22(37-21-23-9-3-2-4-10-23)38-30-15-14-26(19-34-30)35-20-25(29-13-7-8-16-33-29)17-28(31(35)36)27-12-6-5-11-24(27)18-32/h2-17,19-20,22H,21H2,1H3. The van der Waals surface area contributed by atoms with Crippen molar-refractivity contribution in [2.75, 3.05) is 0 Å². The van der Waals surface area contributed by atoms with Crippen LogP contribution >= 0.6 is 0 Å². The maximum Gasteiger partial charge on any atom is 0.263 e. The van der Waals surface area contributed by atoms with Crippen LogP contribution in [0.1, 0.15) is 18.1 Å². The van der Waals surface area contributed by atoms with Crippen LogP contribution in [-0.2, 0) is 11.3 Å². The van der Waals surface area contributed by atoms with Gasteiger partial charge in [0.05, 0.1) is 35.8 Å². The Morgan fingerprint density at radius 1 is 0.921 bits per heavy atom. The number of hydrogen-bond donors (Lipinski definition) is 0. The second kappa shape index (κ2) is 11.3. The highest BCUT2D eigenvalue weighted by atomic mass is 16.7. The van der Waals surface area contributed by atoms with E-state index >= 15 is 0 Å². The lowest BCUT2D eigenvalue weighted by Crippen LogP contribution is -2.21. The average molecular weight is 501 g/mol. The molecule has 1 atom stereocenters. The second-order valence-electron chi connectivity index (χ2n) is 8.53. The molecule has 0 saturated heterocycles. The van der Waals surface area contributed by atoms with Crippen LogP contribution in [0.15, 0.2) is 114 Å². The fraction of sp³-hybridized carbons (Fsp3) is 0.0968. The summed E-state index contributed by atoms with van der Waals surface area (Å²) in [7, 11) is 0. The minimum atomic E-state index is -0.516. The van der Waals surface area contributed by atoms with Gasteiger partial charge in [-0.3, -0.25) is 14.3 Å². The summed E-state index contributed by atoms with van der Waals surface area (Å²) >= 11 is 0. The summed E-state index contributed by atoms with van der Waals surface area (Å²) < 4.78 is 13.1. The molecular weight excluding hydrogens is 476 g/mol. The first-order valence-electron chi connectivity index (χ1n) is 12.1. The number of benzene rings is 2. The first-order valence-corrected chi connectivity index (χ1v) is 12.1. The van der Waals surface area contributed by atoms with Crippen molar-refractivity contribution in [1.29, 1.82) is 5.26 Å². The Bertz CT molecular complexity index is 1630. The van der Waals surface area contributed by atoms with Crippen LogP contribution < -0.4 is 10.3 Å². The average Bonchev–Trinajstić information content (AvgIpc) is 2.98. The number of hydrogen-bond acceptors (Lipinski definition) is 6. The van der Waals surface area contributed by atoms with Crippen molar-refractivity contribution < 1.29 is 9.47 Å². The third-order valence-electron chi connectivity index (χ3n) is 5.93. The summed E-state index contributed by atoms with van der Waals surface area (Å²) in [6.45, 7) is 2.22. The smallest absolute Gasteiger partial charge is 0.263 e. The minimum absolute atomic E-state index is 0.276. The fourth-order valence-electron chi connectivity index (χ4n) is 4.03. The van der Waals surface area contributed by atoms with Crippen molar-refractivity contribution >= 4 is 0 Å². The molecule has 0 radical (unpaired) electrons. The Morgan fingerprint density at radius 3 is 2.45 bits per heavy atom. The molecule has 5 rings (SSSR count). The molecule has 1 unspecified atom stereocenters.